The first-order valence-corrected chi connectivity index (χ1v) is 9.46. The molecule has 1 aromatic carbocycles. The Bertz CT molecular complexity index is 1080. The zero-order valence-electron chi connectivity index (χ0n) is 16.0. The molecule has 3 heterocycles. The molecule has 6 nitrogen and oxygen atoms in total. The molecular formula is C22H22N4O2. The molecule has 0 N–H and O–H groups in total. The molecule has 0 fully saturated rings. The highest BCUT2D eigenvalue weighted by atomic mass is 16.2. The summed E-state index contributed by atoms with van der Waals surface area (Å²) in [6, 6.07) is 12.2. The molecule has 0 bridgehead atoms. The van der Waals surface area contributed by atoms with Crippen LogP contribution in [0.1, 0.15) is 30.5 Å². The maximum atomic E-state index is 13.3. The van der Waals surface area contributed by atoms with Crippen LogP contribution in [-0.4, -0.2) is 27.2 Å². The van der Waals surface area contributed by atoms with Gasteiger partial charge in [-0.3, -0.25) is 14.6 Å². The summed E-state index contributed by atoms with van der Waals surface area (Å²) in [4.78, 5) is 31.6. The Morgan fingerprint density at radius 2 is 2.04 bits per heavy atom. The van der Waals surface area contributed by atoms with Crippen molar-refractivity contribution in [2.75, 3.05) is 11.4 Å². The normalized spacial score (nSPS) is 14.4. The molecule has 1 aliphatic heterocycles. The minimum Gasteiger partial charge on any atom is -0.310 e. The number of nitrogens with zero attached hydrogens (tertiary/aromatic N) is 4. The fraction of sp³-hybridized carbons (Fsp3) is 0.273. The van der Waals surface area contributed by atoms with Crippen LogP contribution in [0.15, 0.2) is 59.7 Å². The number of rotatable bonds is 3. The summed E-state index contributed by atoms with van der Waals surface area (Å²) < 4.78 is 1.27. The lowest BCUT2D eigenvalue weighted by molar-refractivity contribution is -0.121. The van der Waals surface area contributed by atoms with Crippen molar-refractivity contribution in [3.05, 3.63) is 76.3 Å². The average molecular weight is 374 g/mol. The topological polar surface area (TPSA) is 68.1 Å². The Kier molecular flexibility index (Phi) is 4.77. The van der Waals surface area contributed by atoms with Gasteiger partial charge in [0.25, 0.3) is 11.5 Å². The lowest BCUT2D eigenvalue weighted by Crippen LogP contribution is -2.42. The van der Waals surface area contributed by atoms with E-state index in [1.807, 2.05) is 24.3 Å². The number of hydrogen-bond donors (Lipinski definition) is 0. The Balaban J connectivity index is 1.68. The highest BCUT2D eigenvalue weighted by Gasteiger charge is 2.28. The summed E-state index contributed by atoms with van der Waals surface area (Å²) in [7, 11) is 0. The fourth-order valence-electron chi connectivity index (χ4n) is 3.66. The van der Waals surface area contributed by atoms with E-state index in [0.717, 1.165) is 24.1 Å². The van der Waals surface area contributed by atoms with Gasteiger partial charge in [0.2, 0.25) is 0 Å². The van der Waals surface area contributed by atoms with Crippen molar-refractivity contribution in [2.45, 2.75) is 32.7 Å². The number of carbonyl (C=O) groups is 1. The lowest BCUT2D eigenvalue weighted by Gasteiger charge is -2.32. The first kappa shape index (κ1) is 18.1. The summed E-state index contributed by atoms with van der Waals surface area (Å²) >= 11 is 0. The predicted octanol–water partition coefficient (Wildman–Crippen LogP) is 3.15. The molecule has 0 spiro atoms. The molecule has 1 unspecified atom stereocenters. The maximum absolute atomic E-state index is 13.3. The molecular weight excluding hydrogens is 352 g/mol. The third kappa shape index (κ3) is 3.33. The molecule has 28 heavy (non-hydrogen) atoms. The van der Waals surface area contributed by atoms with Gasteiger partial charge in [0, 0.05) is 36.3 Å². The third-order valence-electron chi connectivity index (χ3n) is 5.13. The van der Waals surface area contributed by atoms with Gasteiger partial charge in [-0.05, 0) is 56.5 Å². The van der Waals surface area contributed by atoms with Crippen molar-refractivity contribution in [3.63, 3.8) is 0 Å². The van der Waals surface area contributed by atoms with E-state index >= 15 is 0 Å². The van der Waals surface area contributed by atoms with Crippen LogP contribution in [0.2, 0.25) is 0 Å². The van der Waals surface area contributed by atoms with Gasteiger partial charge in [0.15, 0.2) is 0 Å². The highest BCUT2D eigenvalue weighted by molar-refractivity contribution is 5.97. The number of anilines is 1. The molecule has 2 aromatic heterocycles. The van der Waals surface area contributed by atoms with Crippen LogP contribution in [0.4, 0.5) is 5.69 Å². The van der Waals surface area contributed by atoms with Crippen LogP contribution in [0, 0.1) is 6.92 Å². The van der Waals surface area contributed by atoms with Gasteiger partial charge in [-0.25, -0.2) is 4.68 Å². The van der Waals surface area contributed by atoms with E-state index in [2.05, 4.69) is 23.1 Å². The first-order chi connectivity index (χ1) is 13.5. The Hall–Kier alpha value is -3.28. The van der Waals surface area contributed by atoms with Crippen LogP contribution in [0.25, 0.3) is 11.3 Å². The second kappa shape index (κ2) is 7.38. The quantitative estimate of drug-likeness (QED) is 0.706. The average Bonchev–Trinajstić information content (AvgIpc) is 2.73. The van der Waals surface area contributed by atoms with Crippen LogP contribution < -0.4 is 10.5 Å². The molecule has 6 heteroatoms. The number of carbonyl (C=O) groups excluding carboxylic acids is 1. The molecule has 142 valence electrons. The molecule has 1 atom stereocenters. The minimum atomic E-state index is -0.698. The van der Waals surface area contributed by atoms with E-state index in [9.17, 15) is 9.59 Å². The summed E-state index contributed by atoms with van der Waals surface area (Å²) in [5, 5.41) is 4.45. The smallest absolute Gasteiger partial charge is 0.267 e. The van der Waals surface area contributed by atoms with Gasteiger partial charge in [0.1, 0.15) is 6.04 Å². The van der Waals surface area contributed by atoms with Crippen molar-refractivity contribution in [2.24, 2.45) is 0 Å². The van der Waals surface area contributed by atoms with Crippen molar-refractivity contribution >= 4 is 11.6 Å². The van der Waals surface area contributed by atoms with E-state index in [1.54, 1.807) is 30.3 Å². The third-order valence-corrected chi connectivity index (χ3v) is 5.13. The number of aromatic nitrogens is 3. The molecule has 4 rings (SSSR count). The van der Waals surface area contributed by atoms with E-state index in [4.69, 9.17) is 0 Å². The van der Waals surface area contributed by atoms with Crippen molar-refractivity contribution in [1.29, 1.82) is 0 Å². The van der Waals surface area contributed by atoms with Gasteiger partial charge < -0.3 is 4.90 Å². The number of fused-ring (bicyclic) bond motifs is 1. The number of aryl methyl sites for hydroxylation is 2. The van der Waals surface area contributed by atoms with Crippen LogP contribution in [0.5, 0.6) is 0 Å². The predicted molar refractivity (Wildman–Crippen MR) is 108 cm³/mol. The standard InChI is InChI=1S/C22H22N4O2/c1-15-7-9-20-17(13-15)6-4-12-25(20)22(28)16(2)26-21(27)10-8-19(24-26)18-5-3-11-23-14-18/h3,5,7-11,13-14,16H,4,6,12H2,1-2H3. The van der Waals surface area contributed by atoms with Gasteiger partial charge in [-0.2, -0.15) is 5.10 Å². The van der Waals surface area contributed by atoms with Crippen molar-refractivity contribution in [1.82, 2.24) is 14.8 Å². The van der Waals surface area contributed by atoms with Crippen molar-refractivity contribution < 1.29 is 4.79 Å². The highest BCUT2D eigenvalue weighted by Crippen LogP contribution is 2.29. The van der Waals surface area contributed by atoms with Gasteiger partial charge in [-0.1, -0.05) is 17.7 Å². The van der Waals surface area contributed by atoms with Gasteiger partial charge in [0.05, 0.1) is 5.69 Å². The zero-order chi connectivity index (χ0) is 19.7. The Labute approximate surface area is 163 Å². The van der Waals surface area contributed by atoms with Gasteiger partial charge in [-0.15, -0.1) is 0 Å². The largest absolute Gasteiger partial charge is 0.310 e. The molecule has 0 saturated heterocycles. The summed E-state index contributed by atoms with van der Waals surface area (Å²) in [5.74, 6) is -0.122. The minimum absolute atomic E-state index is 0.122. The first-order valence-electron chi connectivity index (χ1n) is 9.46. The lowest BCUT2D eigenvalue weighted by atomic mass is 9.99. The van der Waals surface area contributed by atoms with E-state index in [0.29, 0.717) is 12.2 Å². The summed E-state index contributed by atoms with van der Waals surface area (Å²) in [5.41, 5.74) is 4.41. The van der Waals surface area contributed by atoms with E-state index in [1.165, 1.54) is 21.9 Å². The van der Waals surface area contributed by atoms with Crippen LogP contribution in [0.3, 0.4) is 0 Å². The molecule has 0 aliphatic carbocycles. The van der Waals surface area contributed by atoms with Crippen LogP contribution >= 0.6 is 0 Å². The molecule has 1 amide bonds. The van der Waals surface area contributed by atoms with E-state index < -0.39 is 6.04 Å². The number of amides is 1. The second-order valence-corrected chi connectivity index (χ2v) is 7.14. The zero-order valence-corrected chi connectivity index (χ0v) is 16.0. The molecule has 1 aliphatic rings. The molecule has 0 radical (unpaired) electrons. The van der Waals surface area contributed by atoms with E-state index in [-0.39, 0.29) is 11.5 Å². The number of hydrogen-bond acceptors (Lipinski definition) is 4. The number of benzene rings is 1. The fourth-order valence-corrected chi connectivity index (χ4v) is 3.66. The SMILES string of the molecule is Cc1ccc2c(c1)CCCN2C(=O)C(C)n1nc(-c2cccnc2)ccc1=O. The summed E-state index contributed by atoms with van der Waals surface area (Å²) in [6.45, 7) is 4.43. The molecule has 0 saturated carbocycles. The van der Waals surface area contributed by atoms with Gasteiger partial charge >= 0.3 is 0 Å². The van der Waals surface area contributed by atoms with Crippen molar-refractivity contribution in [3.8, 4) is 11.3 Å². The molecule has 3 aromatic rings. The van der Waals surface area contributed by atoms with Crippen LogP contribution in [-0.2, 0) is 11.2 Å². The maximum Gasteiger partial charge on any atom is 0.267 e. The Morgan fingerprint density at radius 3 is 2.82 bits per heavy atom. The summed E-state index contributed by atoms with van der Waals surface area (Å²) in [6.07, 6.45) is 5.24. The second-order valence-electron chi connectivity index (χ2n) is 7.14. The Morgan fingerprint density at radius 1 is 1.18 bits per heavy atom. The monoisotopic (exact) mass is 374 g/mol. The number of pyridine rings is 1.